The molecule has 0 radical (unpaired) electrons. The summed E-state index contributed by atoms with van der Waals surface area (Å²) in [6, 6.07) is 10.1. The molecular weight excluding hydrogens is 218 g/mol. The standard InChI is InChI=1S/C13H17NO3/c1-9(15)17-13-11(14-8-12(13)16)7-10-5-3-2-4-6-10/h2-6,11-14,16H,7-8H2,1H3/p+1/t11-,12+,13+/m1/s1. The van der Waals surface area contributed by atoms with E-state index in [-0.39, 0.29) is 12.0 Å². The average Bonchev–Trinajstić information content (AvgIpc) is 2.62. The van der Waals surface area contributed by atoms with Gasteiger partial charge in [-0.3, -0.25) is 4.79 Å². The Morgan fingerprint density at radius 2 is 2.18 bits per heavy atom. The minimum absolute atomic E-state index is 0.108. The topological polar surface area (TPSA) is 63.1 Å². The highest BCUT2D eigenvalue weighted by Gasteiger charge is 2.41. The molecule has 17 heavy (non-hydrogen) atoms. The molecule has 0 saturated carbocycles. The van der Waals surface area contributed by atoms with Gasteiger partial charge >= 0.3 is 5.97 Å². The first-order valence-electron chi connectivity index (χ1n) is 5.89. The second-order valence-electron chi connectivity index (χ2n) is 4.47. The fourth-order valence-electron chi connectivity index (χ4n) is 2.31. The molecule has 1 aliphatic rings. The second kappa shape index (κ2) is 5.29. The minimum Gasteiger partial charge on any atom is -0.453 e. The Morgan fingerprint density at radius 3 is 2.82 bits per heavy atom. The first kappa shape index (κ1) is 12.1. The zero-order chi connectivity index (χ0) is 12.3. The van der Waals surface area contributed by atoms with E-state index in [0.717, 1.165) is 6.42 Å². The molecule has 0 bridgehead atoms. The van der Waals surface area contributed by atoms with Crippen molar-refractivity contribution in [3.8, 4) is 0 Å². The number of ether oxygens (including phenoxy) is 1. The SMILES string of the molecule is CC(=O)O[C@@H]1[C@@H](O)C[NH2+][C@@H]1Cc1ccccc1. The molecule has 3 N–H and O–H groups in total. The van der Waals surface area contributed by atoms with Crippen LogP contribution in [-0.4, -0.2) is 35.9 Å². The van der Waals surface area contributed by atoms with E-state index in [9.17, 15) is 9.90 Å². The van der Waals surface area contributed by atoms with Crippen molar-refractivity contribution in [2.24, 2.45) is 0 Å². The molecule has 4 nitrogen and oxygen atoms in total. The maximum absolute atomic E-state index is 11.0. The maximum atomic E-state index is 11.0. The van der Waals surface area contributed by atoms with Crippen molar-refractivity contribution in [1.29, 1.82) is 0 Å². The number of carbonyl (C=O) groups excluding carboxylic acids is 1. The van der Waals surface area contributed by atoms with Crippen molar-refractivity contribution < 1.29 is 20.0 Å². The quantitative estimate of drug-likeness (QED) is 0.693. The van der Waals surface area contributed by atoms with Crippen LogP contribution in [0.2, 0.25) is 0 Å². The molecule has 0 aliphatic carbocycles. The van der Waals surface area contributed by atoms with Crippen LogP contribution in [0.1, 0.15) is 12.5 Å². The lowest BCUT2D eigenvalue weighted by molar-refractivity contribution is -0.674. The Bertz CT molecular complexity index is 380. The zero-order valence-corrected chi connectivity index (χ0v) is 9.87. The van der Waals surface area contributed by atoms with Crippen LogP contribution in [0.25, 0.3) is 0 Å². The molecule has 92 valence electrons. The maximum Gasteiger partial charge on any atom is 0.303 e. The van der Waals surface area contributed by atoms with Crippen LogP contribution in [0.5, 0.6) is 0 Å². The third-order valence-electron chi connectivity index (χ3n) is 3.10. The van der Waals surface area contributed by atoms with Crippen molar-refractivity contribution in [2.75, 3.05) is 6.54 Å². The van der Waals surface area contributed by atoms with Gasteiger partial charge in [0.15, 0.2) is 6.10 Å². The van der Waals surface area contributed by atoms with Gasteiger partial charge < -0.3 is 15.2 Å². The van der Waals surface area contributed by atoms with Gasteiger partial charge in [-0.2, -0.15) is 0 Å². The Labute approximate surface area is 101 Å². The third-order valence-corrected chi connectivity index (χ3v) is 3.10. The van der Waals surface area contributed by atoms with Crippen molar-refractivity contribution >= 4 is 5.97 Å². The van der Waals surface area contributed by atoms with Crippen LogP contribution in [0.3, 0.4) is 0 Å². The summed E-state index contributed by atoms with van der Waals surface area (Å²) in [5, 5.41) is 11.8. The van der Waals surface area contributed by atoms with Gasteiger partial charge in [0.1, 0.15) is 18.7 Å². The molecule has 0 aromatic heterocycles. The summed E-state index contributed by atoms with van der Waals surface area (Å²) in [4.78, 5) is 11.0. The summed E-state index contributed by atoms with van der Waals surface area (Å²) in [6.07, 6.45) is -0.157. The van der Waals surface area contributed by atoms with E-state index in [2.05, 4.69) is 0 Å². The third kappa shape index (κ3) is 3.05. The van der Waals surface area contributed by atoms with Gasteiger partial charge in [0.25, 0.3) is 0 Å². The molecule has 0 unspecified atom stereocenters. The fourth-order valence-corrected chi connectivity index (χ4v) is 2.31. The molecule has 4 heteroatoms. The fraction of sp³-hybridized carbons (Fsp3) is 0.462. The predicted molar refractivity (Wildman–Crippen MR) is 62.3 cm³/mol. The lowest BCUT2D eigenvalue weighted by Crippen LogP contribution is -2.88. The number of hydrogen-bond acceptors (Lipinski definition) is 3. The summed E-state index contributed by atoms with van der Waals surface area (Å²) in [5.74, 6) is -0.331. The van der Waals surface area contributed by atoms with Gasteiger partial charge in [0.05, 0.1) is 0 Å². The molecule has 3 atom stereocenters. The lowest BCUT2D eigenvalue weighted by Gasteiger charge is -2.18. The number of carbonyl (C=O) groups is 1. The normalized spacial score (nSPS) is 28.0. The van der Waals surface area contributed by atoms with Crippen LogP contribution in [-0.2, 0) is 16.0 Å². The molecule has 1 fully saturated rings. The Hall–Kier alpha value is -1.39. The predicted octanol–water partition coefficient (Wildman–Crippen LogP) is -0.533. The largest absolute Gasteiger partial charge is 0.453 e. The van der Waals surface area contributed by atoms with Crippen LogP contribution >= 0.6 is 0 Å². The van der Waals surface area contributed by atoms with E-state index in [1.807, 2.05) is 35.6 Å². The van der Waals surface area contributed by atoms with Crippen LogP contribution in [0.15, 0.2) is 30.3 Å². The van der Waals surface area contributed by atoms with Gasteiger partial charge in [-0.25, -0.2) is 0 Å². The summed E-state index contributed by atoms with van der Waals surface area (Å²) in [7, 11) is 0. The smallest absolute Gasteiger partial charge is 0.303 e. The molecule has 1 saturated heterocycles. The van der Waals surface area contributed by atoms with Crippen molar-refractivity contribution in [1.82, 2.24) is 0 Å². The van der Waals surface area contributed by atoms with Crippen LogP contribution in [0.4, 0.5) is 0 Å². The number of benzene rings is 1. The number of rotatable bonds is 3. The molecule has 1 aromatic carbocycles. The van der Waals surface area contributed by atoms with Crippen molar-refractivity contribution in [3.63, 3.8) is 0 Å². The number of hydrogen-bond donors (Lipinski definition) is 2. The van der Waals surface area contributed by atoms with E-state index in [4.69, 9.17) is 4.74 Å². The molecule has 0 spiro atoms. The molecule has 0 amide bonds. The number of esters is 1. The number of quaternary nitrogens is 1. The molecule has 2 rings (SSSR count). The zero-order valence-electron chi connectivity index (χ0n) is 9.87. The van der Waals surface area contributed by atoms with E-state index in [1.165, 1.54) is 12.5 Å². The highest BCUT2D eigenvalue weighted by Crippen LogP contribution is 2.12. The van der Waals surface area contributed by atoms with E-state index in [1.54, 1.807) is 0 Å². The Morgan fingerprint density at radius 1 is 1.47 bits per heavy atom. The van der Waals surface area contributed by atoms with Crippen LogP contribution in [0, 0.1) is 0 Å². The van der Waals surface area contributed by atoms with Crippen molar-refractivity contribution in [3.05, 3.63) is 35.9 Å². The van der Waals surface area contributed by atoms with Gasteiger partial charge in [-0.05, 0) is 5.56 Å². The van der Waals surface area contributed by atoms with E-state index in [0.29, 0.717) is 6.54 Å². The van der Waals surface area contributed by atoms with Gasteiger partial charge in [-0.15, -0.1) is 0 Å². The molecule has 1 aromatic rings. The first-order chi connectivity index (χ1) is 8.16. The Balaban J connectivity index is 2.02. The van der Waals surface area contributed by atoms with Gasteiger partial charge in [0.2, 0.25) is 0 Å². The molecule has 1 aliphatic heterocycles. The second-order valence-corrected chi connectivity index (χ2v) is 4.47. The monoisotopic (exact) mass is 236 g/mol. The summed E-state index contributed by atoms with van der Waals surface area (Å²) in [6.45, 7) is 1.97. The lowest BCUT2D eigenvalue weighted by atomic mass is 10.0. The minimum atomic E-state index is -0.562. The Kier molecular flexibility index (Phi) is 3.76. The first-order valence-corrected chi connectivity index (χ1v) is 5.89. The average molecular weight is 236 g/mol. The van der Waals surface area contributed by atoms with Crippen molar-refractivity contribution in [2.45, 2.75) is 31.6 Å². The highest BCUT2D eigenvalue weighted by molar-refractivity contribution is 5.66. The van der Waals surface area contributed by atoms with Gasteiger partial charge in [0, 0.05) is 13.3 Å². The highest BCUT2D eigenvalue weighted by atomic mass is 16.6. The summed E-state index contributed by atoms with van der Waals surface area (Å²) in [5.41, 5.74) is 1.19. The van der Waals surface area contributed by atoms with Crippen LogP contribution < -0.4 is 5.32 Å². The molecular formula is C13H18NO3+. The van der Waals surface area contributed by atoms with E-state index >= 15 is 0 Å². The summed E-state index contributed by atoms with van der Waals surface area (Å²) >= 11 is 0. The number of aliphatic hydroxyl groups is 1. The molecule has 1 heterocycles. The van der Waals surface area contributed by atoms with Gasteiger partial charge in [-0.1, -0.05) is 30.3 Å². The number of nitrogens with two attached hydrogens (primary N) is 1. The van der Waals surface area contributed by atoms with E-state index < -0.39 is 12.2 Å². The summed E-state index contributed by atoms with van der Waals surface area (Å²) < 4.78 is 5.19. The number of aliphatic hydroxyl groups excluding tert-OH is 1.